The van der Waals surface area contributed by atoms with Crippen LogP contribution in [0.3, 0.4) is 0 Å². The summed E-state index contributed by atoms with van der Waals surface area (Å²) in [5.74, 6) is 0.311. The topological polar surface area (TPSA) is 115 Å². The van der Waals surface area contributed by atoms with Crippen molar-refractivity contribution < 1.29 is 18.3 Å². The summed E-state index contributed by atoms with van der Waals surface area (Å²) >= 11 is 0. The van der Waals surface area contributed by atoms with Gasteiger partial charge in [-0.15, -0.1) is 0 Å². The number of hydrogen-bond acceptors (Lipinski definition) is 6. The molecule has 0 atom stereocenters. The first-order valence-corrected chi connectivity index (χ1v) is 13.1. The summed E-state index contributed by atoms with van der Waals surface area (Å²) < 4.78 is 35.2. The van der Waals surface area contributed by atoms with E-state index in [1.807, 2.05) is 27.7 Å². The number of anilines is 1. The van der Waals surface area contributed by atoms with Crippen LogP contribution in [0.15, 0.2) is 30.5 Å². The van der Waals surface area contributed by atoms with Crippen LogP contribution in [-0.2, 0) is 11.3 Å². The molecule has 2 fully saturated rings. The molecule has 1 spiro atoms. The monoisotopic (exact) mass is 537 g/mol. The number of carbonyl (C=O) groups excluding carboxylic acids is 1. The molecular formula is C28H33F2N7O2. The number of benzene rings is 1. The Hall–Kier alpha value is -3.94. The molecule has 1 aliphatic carbocycles. The van der Waals surface area contributed by atoms with Crippen molar-refractivity contribution in [1.82, 2.24) is 24.5 Å². The Bertz CT molecular complexity index is 1440. The van der Waals surface area contributed by atoms with E-state index >= 15 is 0 Å². The van der Waals surface area contributed by atoms with Crippen molar-refractivity contribution >= 4 is 11.9 Å². The third kappa shape index (κ3) is 5.20. The largest absolute Gasteiger partial charge is 0.444 e. The lowest BCUT2D eigenvalue weighted by Crippen LogP contribution is -2.43. The summed E-state index contributed by atoms with van der Waals surface area (Å²) in [5.41, 5.74) is 8.63. The minimum Gasteiger partial charge on any atom is -0.444 e. The number of halogens is 2. The highest BCUT2D eigenvalue weighted by molar-refractivity contribution is 5.74. The van der Waals surface area contributed by atoms with E-state index in [4.69, 9.17) is 15.6 Å². The van der Waals surface area contributed by atoms with Gasteiger partial charge in [0.15, 0.2) is 0 Å². The molecule has 5 rings (SSSR count). The Balaban J connectivity index is 1.32. The van der Waals surface area contributed by atoms with Crippen LogP contribution in [0, 0.1) is 23.7 Å². The quantitative estimate of drug-likeness (QED) is 0.462. The Morgan fingerprint density at radius 2 is 2.05 bits per heavy atom. The van der Waals surface area contributed by atoms with Crippen molar-refractivity contribution in [3.05, 3.63) is 52.8 Å². The maximum absolute atomic E-state index is 13.1. The number of rotatable bonds is 5. The second kappa shape index (κ2) is 9.67. The van der Waals surface area contributed by atoms with Crippen molar-refractivity contribution in [1.29, 1.82) is 5.26 Å². The molecule has 1 saturated carbocycles. The fraction of sp³-hybridized carbons (Fsp3) is 0.500. The molecule has 0 bridgehead atoms. The van der Waals surface area contributed by atoms with Crippen molar-refractivity contribution in [2.45, 2.75) is 71.6 Å². The molecule has 206 valence electrons. The molecule has 1 saturated heterocycles. The number of hydrogen-bond donors (Lipinski definition) is 1. The highest BCUT2D eigenvalue weighted by Crippen LogP contribution is 2.55. The Kier molecular flexibility index (Phi) is 6.61. The Morgan fingerprint density at radius 1 is 1.31 bits per heavy atom. The van der Waals surface area contributed by atoms with Gasteiger partial charge >= 0.3 is 6.09 Å². The molecule has 39 heavy (non-hydrogen) atoms. The first kappa shape index (κ1) is 26.7. The predicted molar refractivity (Wildman–Crippen MR) is 141 cm³/mol. The van der Waals surface area contributed by atoms with E-state index in [0.717, 1.165) is 19.3 Å². The molecule has 2 N–H and O–H groups in total. The fourth-order valence-electron chi connectivity index (χ4n) is 5.73. The fourth-order valence-corrected chi connectivity index (χ4v) is 5.73. The average Bonchev–Trinajstić information content (AvgIpc) is 3.52. The summed E-state index contributed by atoms with van der Waals surface area (Å²) in [6.45, 7) is 8.99. The summed E-state index contributed by atoms with van der Waals surface area (Å²) in [4.78, 5) is 14.3. The van der Waals surface area contributed by atoms with E-state index in [1.165, 1.54) is 12.1 Å². The number of ether oxygens (including phenoxy) is 1. The van der Waals surface area contributed by atoms with Crippen LogP contribution < -0.4 is 5.73 Å². The zero-order valence-electron chi connectivity index (χ0n) is 22.6. The number of nitrogen functional groups attached to an aromatic ring is 1. The number of nitriles is 1. The molecule has 0 unspecified atom stereocenters. The highest BCUT2D eigenvalue weighted by atomic mass is 19.3. The van der Waals surface area contributed by atoms with E-state index in [-0.39, 0.29) is 23.1 Å². The van der Waals surface area contributed by atoms with Gasteiger partial charge in [-0.1, -0.05) is 18.2 Å². The van der Waals surface area contributed by atoms with E-state index in [9.17, 15) is 18.8 Å². The molecule has 1 aliphatic heterocycles. The van der Waals surface area contributed by atoms with E-state index in [2.05, 4.69) is 11.2 Å². The normalized spacial score (nSPS) is 20.9. The molecule has 3 aromatic rings. The van der Waals surface area contributed by atoms with Crippen LogP contribution in [0.2, 0.25) is 0 Å². The Labute approximate surface area is 226 Å². The molecule has 11 heteroatoms. The smallest absolute Gasteiger partial charge is 0.410 e. The molecule has 1 aromatic carbocycles. The van der Waals surface area contributed by atoms with Crippen molar-refractivity contribution in [3.63, 3.8) is 0 Å². The Morgan fingerprint density at radius 3 is 2.72 bits per heavy atom. The molecule has 3 heterocycles. The molecular weight excluding hydrogens is 504 g/mol. The lowest BCUT2D eigenvalue weighted by molar-refractivity contribution is 0.0188. The number of likely N-dealkylation sites (tertiary alicyclic amines) is 1. The SMILES string of the molecule is Cc1nn(Cc2cccc(C(F)F)c2)cc1-c1nn([C@H]2C[C@@]3(CCN(C(=O)OC(C)(C)C)C3)C2)c(N)c1C#N. The van der Waals surface area contributed by atoms with Crippen LogP contribution in [0.4, 0.5) is 19.4 Å². The van der Waals surface area contributed by atoms with Gasteiger partial charge in [0.25, 0.3) is 6.43 Å². The van der Waals surface area contributed by atoms with E-state index < -0.39 is 12.0 Å². The second-order valence-corrected chi connectivity index (χ2v) is 11.8. The number of aryl methyl sites for hydroxylation is 1. The maximum atomic E-state index is 13.1. The van der Waals surface area contributed by atoms with Crippen LogP contribution in [-0.4, -0.2) is 49.2 Å². The third-order valence-corrected chi connectivity index (χ3v) is 7.58. The van der Waals surface area contributed by atoms with Gasteiger partial charge in [-0.3, -0.25) is 4.68 Å². The molecule has 0 radical (unpaired) electrons. The summed E-state index contributed by atoms with van der Waals surface area (Å²) in [6, 6.07) is 8.46. The predicted octanol–water partition coefficient (Wildman–Crippen LogP) is 5.46. The number of alkyl halides is 2. The van der Waals surface area contributed by atoms with E-state index in [0.29, 0.717) is 53.5 Å². The van der Waals surface area contributed by atoms with Crippen LogP contribution >= 0.6 is 0 Å². The molecule has 2 aromatic heterocycles. The highest BCUT2D eigenvalue weighted by Gasteiger charge is 2.51. The van der Waals surface area contributed by atoms with Crippen LogP contribution in [0.1, 0.15) is 74.9 Å². The number of carbonyl (C=O) groups is 1. The first-order valence-electron chi connectivity index (χ1n) is 13.1. The van der Waals surface area contributed by atoms with Gasteiger partial charge in [-0.25, -0.2) is 18.3 Å². The standard InChI is InChI=1S/C28H33F2N7O2/c1-17-22(15-36(33-17)14-18-6-5-7-19(10-18)24(29)30)23-21(13-31)25(32)37(34-23)20-11-28(12-20)8-9-35(16-28)26(38)39-27(2,3)4/h5-7,10,15,20,24H,8-9,11-12,14,16,32H2,1-4H3/t20-,28-. The van der Waals surface area contributed by atoms with Gasteiger partial charge in [-0.05, 0) is 64.0 Å². The average molecular weight is 538 g/mol. The zero-order valence-corrected chi connectivity index (χ0v) is 22.6. The number of amides is 1. The number of nitrogens with two attached hydrogens (primary N) is 1. The lowest BCUT2D eigenvalue weighted by atomic mass is 9.65. The van der Waals surface area contributed by atoms with Gasteiger partial charge in [-0.2, -0.15) is 15.5 Å². The van der Waals surface area contributed by atoms with Gasteiger partial charge in [0.05, 0.1) is 18.3 Å². The maximum Gasteiger partial charge on any atom is 0.410 e. The van der Waals surface area contributed by atoms with Crippen LogP contribution in [0.5, 0.6) is 0 Å². The molecule has 2 aliphatic rings. The summed E-state index contributed by atoms with van der Waals surface area (Å²) in [7, 11) is 0. The van der Waals surface area contributed by atoms with Crippen LogP contribution in [0.25, 0.3) is 11.3 Å². The summed E-state index contributed by atoms with van der Waals surface area (Å²) in [6.07, 6.45) is 1.45. The number of aromatic nitrogens is 4. The second-order valence-electron chi connectivity index (χ2n) is 11.8. The van der Waals surface area contributed by atoms with Gasteiger partial charge < -0.3 is 15.4 Å². The minimum atomic E-state index is -2.54. The molecule has 1 amide bonds. The zero-order chi connectivity index (χ0) is 28.1. The summed E-state index contributed by atoms with van der Waals surface area (Å²) in [5, 5.41) is 19.2. The van der Waals surface area contributed by atoms with Gasteiger partial charge in [0.1, 0.15) is 28.7 Å². The van der Waals surface area contributed by atoms with Gasteiger partial charge in [0, 0.05) is 30.4 Å². The first-order chi connectivity index (χ1) is 18.4. The van der Waals surface area contributed by atoms with E-state index in [1.54, 1.807) is 32.6 Å². The van der Waals surface area contributed by atoms with Crippen molar-refractivity contribution in [2.75, 3.05) is 18.8 Å². The lowest BCUT2D eigenvalue weighted by Gasteiger charge is -2.45. The van der Waals surface area contributed by atoms with Gasteiger partial charge in [0.2, 0.25) is 0 Å². The van der Waals surface area contributed by atoms with Crippen molar-refractivity contribution in [3.8, 4) is 17.3 Å². The molecule has 9 nitrogen and oxygen atoms in total. The third-order valence-electron chi connectivity index (χ3n) is 7.58. The van der Waals surface area contributed by atoms with Crippen molar-refractivity contribution in [2.24, 2.45) is 5.41 Å². The number of nitrogens with zero attached hydrogens (tertiary/aromatic N) is 6. The minimum absolute atomic E-state index is 0.000491.